The van der Waals surface area contributed by atoms with E-state index in [0.29, 0.717) is 10.6 Å². The van der Waals surface area contributed by atoms with Gasteiger partial charge in [-0.15, -0.1) is 0 Å². The number of nitro benzene ring substituents is 1. The second-order valence-corrected chi connectivity index (χ2v) is 8.43. The van der Waals surface area contributed by atoms with Crippen LogP contribution in [0.25, 0.3) is 11.3 Å². The molecule has 3 aromatic rings. The van der Waals surface area contributed by atoms with Crippen LogP contribution in [-0.4, -0.2) is 29.0 Å². The van der Waals surface area contributed by atoms with Gasteiger partial charge in [-0.2, -0.15) is 5.10 Å². The smallest absolute Gasteiger partial charge is 0.281 e. The fourth-order valence-electron chi connectivity index (χ4n) is 3.02. The van der Waals surface area contributed by atoms with Crippen LogP contribution < -0.4 is 10.7 Å². The van der Waals surface area contributed by atoms with Gasteiger partial charge in [-0.25, -0.2) is 5.43 Å². The number of halogens is 2. The van der Waals surface area contributed by atoms with Crippen LogP contribution in [0.15, 0.2) is 64.1 Å². The van der Waals surface area contributed by atoms with Crippen molar-refractivity contribution >= 4 is 46.9 Å². The number of hydrogen-bond donors (Lipinski definition) is 2. The molecule has 3 rings (SSSR count). The lowest BCUT2D eigenvalue weighted by molar-refractivity contribution is -0.384. The summed E-state index contributed by atoms with van der Waals surface area (Å²) in [7, 11) is 0. The van der Waals surface area contributed by atoms with Crippen molar-refractivity contribution in [2.24, 2.45) is 11.0 Å². The molecule has 0 fully saturated rings. The molecule has 1 unspecified atom stereocenters. The number of rotatable bonds is 8. The zero-order valence-electron chi connectivity index (χ0n) is 18.1. The second-order valence-electron chi connectivity index (χ2n) is 7.56. The van der Waals surface area contributed by atoms with Crippen LogP contribution >= 0.6 is 23.2 Å². The number of nitro groups is 1. The standard InChI is InChI=1S/C23H20Cl2N4O5/c1-13(2)21(27-22(30)14-3-5-15(24)6-4-14)23(31)28-26-12-17-8-10-20(34-17)18-9-7-16(25)11-19(18)29(32)33/h3-13,21H,1-2H3,(H,27,30)(H,28,31). The third-order valence-corrected chi connectivity index (χ3v) is 5.24. The molecule has 2 amide bonds. The Morgan fingerprint density at radius 3 is 2.38 bits per heavy atom. The Bertz CT molecular complexity index is 1240. The van der Waals surface area contributed by atoms with E-state index < -0.39 is 22.8 Å². The van der Waals surface area contributed by atoms with Crippen molar-refractivity contribution in [1.29, 1.82) is 0 Å². The van der Waals surface area contributed by atoms with E-state index in [1.165, 1.54) is 24.4 Å². The van der Waals surface area contributed by atoms with Gasteiger partial charge in [0.05, 0.1) is 16.7 Å². The van der Waals surface area contributed by atoms with E-state index in [-0.39, 0.29) is 33.7 Å². The molecule has 176 valence electrons. The Kier molecular flexibility index (Phi) is 8.04. The van der Waals surface area contributed by atoms with E-state index in [4.69, 9.17) is 27.6 Å². The topological polar surface area (TPSA) is 127 Å². The molecule has 1 heterocycles. The van der Waals surface area contributed by atoms with Gasteiger partial charge in [0.2, 0.25) is 0 Å². The van der Waals surface area contributed by atoms with Gasteiger partial charge in [0.25, 0.3) is 17.5 Å². The first-order valence-corrected chi connectivity index (χ1v) is 10.8. The third-order valence-electron chi connectivity index (χ3n) is 4.76. The van der Waals surface area contributed by atoms with Gasteiger partial charge >= 0.3 is 0 Å². The highest BCUT2D eigenvalue weighted by atomic mass is 35.5. The molecule has 9 nitrogen and oxygen atoms in total. The quantitative estimate of drug-likeness (QED) is 0.252. The number of nitrogens with zero attached hydrogens (tertiary/aromatic N) is 2. The summed E-state index contributed by atoms with van der Waals surface area (Å²) in [6.45, 7) is 3.57. The normalized spacial score (nSPS) is 12.0. The number of carbonyl (C=O) groups is 2. The van der Waals surface area contributed by atoms with Gasteiger partial charge in [-0.1, -0.05) is 37.0 Å². The van der Waals surface area contributed by atoms with Gasteiger partial charge in [-0.3, -0.25) is 19.7 Å². The number of benzene rings is 2. The van der Waals surface area contributed by atoms with Crippen LogP contribution in [0.5, 0.6) is 0 Å². The minimum absolute atomic E-state index is 0.199. The SMILES string of the molecule is CC(C)C(NC(=O)c1ccc(Cl)cc1)C(=O)NN=Cc1ccc(-c2ccc(Cl)cc2[N+](=O)[O-])o1. The largest absolute Gasteiger partial charge is 0.455 e. The van der Waals surface area contributed by atoms with Crippen molar-refractivity contribution in [1.82, 2.24) is 10.7 Å². The highest BCUT2D eigenvalue weighted by Crippen LogP contribution is 2.33. The van der Waals surface area contributed by atoms with E-state index in [1.807, 2.05) is 0 Å². The minimum atomic E-state index is -0.843. The summed E-state index contributed by atoms with van der Waals surface area (Å²) in [6.07, 6.45) is 1.25. The Morgan fingerprint density at radius 2 is 1.74 bits per heavy atom. The maximum Gasteiger partial charge on any atom is 0.281 e. The van der Waals surface area contributed by atoms with Gasteiger partial charge in [0.1, 0.15) is 17.6 Å². The van der Waals surface area contributed by atoms with Crippen LogP contribution in [0.3, 0.4) is 0 Å². The second kappa shape index (κ2) is 11.0. The molecule has 0 aliphatic carbocycles. The van der Waals surface area contributed by atoms with Gasteiger partial charge < -0.3 is 9.73 Å². The lowest BCUT2D eigenvalue weighted by atomic mass is 10.0. The van der Waals surface area contributed by atoms with Crippen molar-refractivity contribution in [2.45, 2.75) is 19.9 Å². The van der Waals surface area contributed by atoms with Crippen LogP contribution in [0.4, 0.5) is 5.69 Å². The fourth-order valence-corrected chi connectivity index (χ4v) is 3.31. The molecule has 1 aromatic heterocycles. The molecule has 0 aliphatic rings. The van der Waals surface area contributed by atoms with Gasteiger partial charge in [-0.05, 0) is 54.4 Å². The molecule has 0 radical (unpaired) electrons. The van der Waals surface area contributed by atoms with Crippen LogP contribution in [-0.2, 0) is 4.79 Å². The minimum Gasteiger partial charge on any atom is -0.455 e. The van der Waals surface area contributed by atoms with Crippen LogP contribution in [0.2, 0.25) is 10.0 Å². The summed E-state index contributed by atoms with van der Waals surface area (Å²) < 4.78 is 5.59. The van der Waals surface area contributed by atoms with Crippen LogP contribution in [0.1, 0.15) is 30.0 Å². The van der Waals surface area contributed by atoms with E-state index in [1.54, 1.807) is 50.2 Å². The molecule has 2 aromatic carbocycles. The average molecular weight is 503 g/mol. The van der Waals surface area contributed by atoms with E-state index >= 15 is 0 Å². The first-order valence-electron chi connectivity index (χ1n) is 10.1. The summed E-state index contributed by atoms with van der Waals surface area (Å²) >= 11 is 11.7. The Morgan fingerprint density at radius 1 is 1.06 bits per heavy atom. The summed E-state index contributed by atoms with van der Waals surface area (Å²) in [5.41, 5.74) is 2.79. The van der Waals surface area contributed by atoms with Crippen molar-refractivity contribution in [2.75, 3.05) is 0 Å². The number of amides is 2. The fraction of sp³-hybridized carbons (Fsp3) is 0.174. The molecule has 0 saturated carbocycles. The van der Waals surface area contributed by atoms with Gasteiger partial charge in [0.15, 0.2) is 0 Å². The number of nitrogens with one attached hydrogen (secondary N) is 2. The zero-order valence-corrected chi connectivity index (χ0v) is 19.6. The predicted molar refractivity (Wildman–Crippen MR) is 129 cm³/mol. The number of carbonyl (C=O) groups excluding carboxylic acids is 2. The lowest BCUT2D eigenvalue weighted by Gasteiger charge is -2.20. The first-order chi connectivity index (χ1) is 16.2. The predicted octanol–water partition coefficient (Wildman–Crippen LogP) is 5.07. The molecule has 0 spiro atoms. The maximum absolute atomic E-state index is 12.6. The maximum atomic E-state index is 12.6. The Balaban J connectivity index is 1.67. The summed E-state index contributed by atoms with van der Waals surface area (Å²) in [5, 5.41) is 18.6. The molecule has 0 aliphatic heterocycles. The number of furan rings is 1. The van der Waals surface area contributed by atoms with Gasteiger partial charge in [0, 0.05) is 21.7 Å². The van der Waals surface area contributed by atoms with Crippen molar-refractivity contribution < 1.29 is 18.9 Å². The summed E-state index contributed by atoms with van der Waals surface area (Å²) in [5.74, 6) is -0.659. The van der Waals surface area contributed by atoms with E-state index in [0.717, 1.165) is 0 Å². The molecular weight excluding hydrogens is 483 g/mol. The highest BCUT2D eigenvalue weighted by Gasteiger charge is 2.24. The monoisotopic (exact) mass is 502 g/mol. The highest BCUT2D eigenvalue weighted by molar-refractivity contribution is 6.31. The Hall–Kier alpha value is -3.69. The zero-order chi connectivity index (χ0) is 24.8. The molecule has 0 bridgehead atoms. The molecule has 34 heavy (non-hydrogen) atoms. The molecule has 1 atom stereocenters. The third kappa shape index (κ3) is 6.21. The Labute approximate surface area is 204 Å². The van der Waals surface area contributed by atoms with Crippen molar-refractivity contribution in [3.05, 3.63) is 86.1 Å². The van der Waals surface area contributed by atoms with Crippen LogP contribution in [0, 0.1) is 16.0 Å². The first kappa shape index (κ1) is 24.9. The van der Waals surface area contributed by atoms with E-state index in [9.17, 15) is 19.7 Å². The molecule has 2 N–H and O–H groups in total. The lowest BCUT2D eigenvalue weighted by Crippen LogP contribution is -2.48. The van der Waals surface area contributed by atoms with E-state index in [2.05, 4.69) is 15.8 Å². The number of hydrazone groups is 1. The average Bonchev–Trinajstić information content (AvgIpc) is 3.26. The molecular formula is C23H20Cl2N4O5. The number of hydrogen-bond acceptors (Lipinski definition) is 6. The summed E-state index contributed by atoms with van der Waals surface area (Å²) in [6, 6.07) is 12.8. The summed E-state index contributed by atoms with van der Waals surface area (Å²) in [4.78, 5) is 35.8. The van der Waals surface area contributed by atoms with Crippen molar-refractivity contribution in [3.63, 3.8) is 0 Å². The van der Waals surface area contributed by atoms with Crippen molar-refractivity contribution in [3.8, 4) is 11.3 Å². The molecule has 0 saturated heterocycles. The molecule has 11 heteroatoms.